The summed E-state index contributed by atoms with van der Waals surface area (Å²) in [5.41, 5.74) is 0. The number of likely N-dealkylation sites (tertiary alicyclic amines) is 1. The minimum atomic E-state index is 0.473. The minimum absolute atomic E-state index is 0.473. The maximum Gasteiger partial charge on any atom is 0.0598 e. The average molecular weight is 244 g/mol. The van der Waals surface area contributed by atoms with Gasteiger partial charge in [0, 0.05) is 33.4 Å². The zero-order valence-electron chi connectivity index (χ0n) is 11.6. The van der Waals surface area contributed by atoms with E-state index in [4.69, 9.17) is 9.47 Å². The highest BCUT2D eigenvalue weighted by Gasteiger charge is 2.24. The largest absolute Gasteiger partial charge is 0.383 e. The normalized spacial score (nSPS) is 26.3. The fourth-order valence-corrected chi connectivity index (χ4v) is 2.43. The SMILES string of the molecule is COCCNCCCN1CCC(OC)CC1C. The first-order valence-electron chi connectivity index (χ1n) is 6.74. The first-order chi connectivity index (χ1) is 8.27. The van der Waals surface area contributed by atoms with Crippen LogP contribution in [0.2, 0.25) is 0 Å². The van der Waals surface area contributed by atoms with Gasteiger partial charge in [-0.2, -0.15) is 0 Å². The topological polar surface area (TPSA) is 33.7 Å². The van der Waals surface area contributed by atoms with Crippen LogP contribution in [0.4, 0.5) is 0 Å². The first kappa shape index (κ1) is 14.9. The first-order valence-corrected chi connectivity index (χ1v) is 6.74. The van der Waals surface area contributed by atoms with E-state index in [0.717, 1.165) is 19.7 Å². The Morgan fingerprint density at radius 1 is 1.29 bits per heavy atom. The molecule has 0 saturated carbocycles. The molecule has 0 bridgehead atoms. The van der Waals surface area contributed by atoms with Crippen molar-refractivity contribution in [3.8, 4) is 0 Å². The van der Waals surface area contributed by atoms with E-state index in [-0.39, 0.29) is 0 Å². The molecule has 0 aliphatic carbocycles. The second-order valence-corrected chi connectivity index (χ2v) is 4.86. The highest BCUT2D eigenvalue weighted by atomic mass is 16.5. The minimum Gasteiger partial charge on any atom is -0.383 e. The van der Waals surface area contributed by atoms with Crippen molar-refractivity contribution < 1.29 is 9.47 Å². The van der Waals surface area contributed by atoms with E-state index >= 15 is 0 Å². The highest BCUT2D eigenvalue weighted by Crippen LogP contribution is 2.19. The maximum atomic E-state index is 5.43. The van der Waals surface area contributed by atoms with Crippen LogP contribution >= 0.6 is 0 Å². The molecule has 17 heavy (non-hydrogen) atoms. The van der Waals surface area contributed by atoms with Crippen molar-refractivity contribution >= 4 is 0 Å². The lowest BCUT2D eigenvalue weighted by molar-refractivity contribution is 0.0157. The Hall–Kier alpha value is -0.160. The third-order valence-corrected chi connectivity index (χ3v) is 3.58. The number of methoxy groups -OCH3 is 2. The summed E-state index contributed by atoms with van der Waals surface area (Å²) in [6.07, 6.45) is 4.04. The van der Waals surface area contributed by atoms with Crippen LogP contribution in [-0.2, 0) is 9.47 Å². The molecule has 0 aromatic carbocycles. The van der Waals surface area contributed by atoms with E-state index in [2.05, 4.69) is 17.1 Å². The lowest BCUT2D eigenvalue weighted by atomic mass is 10.0. The van der Waals surface area contributed by atoms with E-state index in [1.807, 2.05) is 7.11 Å². The second kappa shape index (κ2) is 8.86. The lowest BCUT2D eigenvalue weighted by Gasteiger charge is -2.37. The van der Waals surface area contributed by atoms with Crippen LogP contribution in [0.5, 0.6) is 0 Å². The molecule has 1 N–H and O–H groups in total. The molecular formula is C13H28N2O2. The molecule has 2 atom stereocenters. The fourth-order valence-electron chi connectivity index (χ4n) is 2.43. The zero-order valence-corrected chi connectivity index (χ0v) is 11.6. The molecular weight excluding hydrogens is 216 g/mol. The summed E-state index contributed by atoms with van der Waals surface area (Å²) >= 11 is 0. The Morgan fingerprint density at radius 3 is 2.76 bits per heavy atom. The van der Waals surface area contributed by atoms with Crippen molar-refractivity contribution in [2.45, 2.75) is 38.3 Å². The van der Waals surface area contributed by atoms with Gasteiger partial charge in [0.1, 0.15) is 0 Å². The second-order valence-electron chi connectivity index (χ2n) is 4.86. The number of piperidine rings is 1. The third kappa shape index (κ3) is 5.82. The summed E-state index contributed by atoms with van der Waals surface area (Å²) in [7, 11) is 3.57. The summed E-state index contributed by atoms with van der Waals surface area (Å²) in [4.78, 5) is 2.58. The average Bonchev–Trinajstić information content (AvgIpc) is 2.35. The number of hydrogen-bond acceptors (Lipinski definition) is 4. The van der Waals surface area contributed by atoms with Gasteiger partial charge < -0.3 is 19.7 Å². The van der Waals surface area contributed by atoms with Gasteiger partial charge in [-0.15, -0.1) is 0 Å². The molecule has 4 heteroatoms. The van der Waals surface area contributed by atoms with E-state index in [1.54, 1.807) is 7.11 Å². The van der Waals surface area contributed by atoms with Crippen molar-refractivity contribution in [1.82, 2.24) is 10.2 Å². The van der Waals surface area contributed by atoms with Gasteiger partial charge in [0.05, 0.1) is 12.7 Å². The Morgan fingerprint density at radius 2 is 2.12 bits per heavy atom. The molecule has 0 aromatic rings. The molecule has 1 saturated heterocycles. The Balaban J connectivity index is 2.03. The highest BCUT2D eigenvalue weighted by molar-refractivity contribution is 4.79. The standard InChI is InChI=1S/C13H28N2O2/c1-12-11-13(17-3)5-9-15(12)8-4-6-14-7-10-16-2/h12-14H,4-11H2,1-3H3. The van der Waals surface area contributed by atoms with E-state index in [0.29, 0.717) is 12.1 Å². The predicted octanol–water partition coefficient (Wildman–Crippen LogP) is 1.11. The Bertz CT molecular complexity index is 190. The molecule has 2 unspecified atom stereocenters. The van der Waals surface area contributed by atoms with E-state index in [9.17, 15) is 0 Å². The number of nitrogens with zero attached hydrogens (tertiary/aromatic N) is 1. The number of ether oxygens (including phenoxy) is 2. The van der Waals surface area contributed by atoms with Crippen molar-refractivity contribution in [3.63, 3.8) is 0 Å². The van der Waals surface area contributed by atoms with Gasteiger partial charge in [0.25, 0.3) is 0 Å². The molecule has 0 amide bonds. The van der Waals surface area contributed by atoms with Crippen molar-refractivity contribution in [2.75, 3.05) is 47.0 Å². The molecule has 0 spiro atoms. The molecule has 4 nitrogen and oxygen atoms in total. The molecule has 1 aliphatic heterocycles. The summed E-state index contributed by atoms with van der Waals surface area (Å²) in [6.45, 7) is 7.52. The van der Waals surface area contributed by atoms with Crippen molar-refractivity contribution in [3.05, 3.63) is 0 Å². The van der Waals surface area contributed by atoms with Crippen LogP contribution in [0.15, 0.2) is 0 Å². The fraction of sp³-hybridized carbons (Fsp3) is 1.00. The van der Waals surface area contributed by atoms with Crippen LogP contribution in [0.3, 0.4) is 0 Å². The molecule has 1 aliphatic rings. The summed E-state index contributed by atoms with van der Waals surface area (Å²) in [5.74, 6) is 0. The van der Waals surface area contributed by atoms with Crippen LogP contribution in [-0.4, -0.2) is 64.1 Å². The number of hydrogen-bond donors (Lipinski definition) is 1. The molecule has 0 radical (unpaired) electrons. The van der Waals surface area contributed by atoms with Gasteiger partial charge in [-0.25, -0.2) is 0 Å². The van der Waals surface area contributed by atoms with Crippen LogP contribution in [0, 0.1) is 0 Å². The Labute approximate surface area is 106 Å². The zero-order chi connectivity index (χ0) is 12.5. The van der Waals surface area contributed by atoms with E-state index in [1.165, 1.54) is 32.4 Å². The van der Waals surface area contributed by atoms with Gasteiger partial charge in [-0.3, -0.25) is 0 Å². The van der Waals surface area contributed by atoms with Gasteiger partial charge in [-0.1, -0.05) is 0 Å². The Kier molecular flexibility index (Phi) is 7.77. The predicted molar refractivity (Wildman–Crippen MR) is 70.4 cm³/mol. The monoisotopic (exact) mass is 244 g/mol. The summed E-state index contributed by atoms with van der Waals surface area (Å²) < 4.78 is 10.4. The molecule has 0 aromatic heterocycles. The molecule has 102 valence electrons. The van der Waals surface area contributed by atoms with Crippen LogP contribution in [0.25, 0.3) is 0 Å². The van der Waals surface area contributed by atoms with Crippen LogP contribution in [0.1, 0.15) is 26.2 Å². The molecule has 1 fully saturated rings. The van der Waals surface area contributed by atoms with Crippen molar-refractivity contribution in [1.29, 1.82) is 0 Å². The number of rotatable bonds is 8. The van der Waals surface area contributed by atoms with Gasteiger partial charge >= 0.3 is 0 Å². The third-order valence-electron chi connectivity index (χ3n) is 3.58. The quantitative estimate of drug-likeness (QED) is 0.649. The smallest absolute Gasteiger partial charge is 0.0598 e. The number of nitrogens with one attached hydrogen (secondary N) is 1. The molecule has 1 rings (SSSR count). The van der Waals surface area contributed by atoms with Crippen molar-refractivity contribution in [2.24, 2.45) is 0 Å². The van der Waals surface area contributed by atoms with E-state index < -0.39 is 0 Å². The summed E-state index contributed by atoms with van der Waals surface area (Å²) in [5, 5.41) is 3.38. The van der Waals surface area contributed by atoms with Gasteiger partial charge in [0.15, 0.2) is 0 Å². The maximum absolute atomic E-state index is 5.43. The lowest BCUT2D eigenvalue weighted by Crippen LogP contribution is -2.44. The summed E-state index contributed by atoms with van der Waals surface area (Å²) in [6, 6.07) is 0.660. The van der Waals surface area contributed by atoms with Gasteiger partial charge in [-0.05, 0) is 39.3 Å². The molecule has 1 heterocycles. The van der Waals surface area contributed by atoms with Crippen LogP contribution < -0.4 is 5.32 Å². The van der Waals surface area contributed by atoms with Gasteiger partial charge in [0.2, 0.25) is 0 Å².